The number of hydrogen-bond acceptors (Lipinski definition) is 7. The van der Waals surface area contributed by atoms with Crippen LogP contribution in [0, 0.1) is 6.92 Å². The Hall–Kier alpha value is -3.48. The fraction of sp³-hybridized carbons (Fsp3) is 0.238. The molecule has 0 saturated heterocycles. The summed E-state index contributed by atoms with van der Waals surface area (Å²) in [5.74, 6) is -1.66. The Balaban J connectivity index is 2.23. The SMILES string of the molecule is CCC(=O)c1c(C)c(O)c(Cc2c(OC)cc3ccncc3c2O)c(O)c1O. The third-order valence-electron chi connectivity index (χ3n) is 4.92. The van der Waals surface area contributed by atoms with Gasteiger partial charge in [-0.1, -0.05) is 6.92 Å². The maximum atomic E-state index is 12.1. The molecule has 0 radical (unpaired) electrons. The molecule has 0 amide bonds. The van der Waals surface area contributed by atoms with Gasteiger partial charge in [0, 0.05) is 47.3 Å². The summed E-state index contributed by atoms with van der Waals surface area (Å²) in [7, 11) is 1.44. The first-order chi connectivity index (χ1) is 13.3. The molecule has 1 aromatic heterocycles. The Morgan fingerprint density at radius 3 is 2.43 bits per heavy atom. The van der Waals surface area contributed by atoms with E-state index in [0.29, 0.717) is 22.1 Å². The van der Waals surface area contributed by atoms with Gasteiger partial charge in [0.2, 0.25) is 0 Å². The maximum absolute atomic E-state index is 12.1. The van der Waals surface area contributed by atoms with Gasteiger partial charge in [-0.3, -0.25) is 9.78 Å². The Bertz CT molecular complexity index is 1060. The first kappa shape index (κ1) is 19.3. The first-order valence-corrected chi connectivity index (χ1v) is 8.73. The minimum atomic E-state index is -0.604. The van der Waals surface area contributed by atoms with Crippen LogP contribution in [0.25, 0.3) is 10.8 Å². The van der Waals surface area contributed by atoms with Crippen molar-refractivity contribution in [2.75, 3.05) is 7.11 Å². The zero-order valence-electron chi connectivity index (χ0n) is 15.8. The van der Waals surface area contributed by atoms with Crippen LogP contribution in [0.2, 0.25) is 0 Å². The lowest BCUT2D eigenvalue weighted by molar-refractivity contribution is 0.0983. The summed E-state index contributed by atoms with van der Waals surface area (Å²) < 4.78 is 5.37. The van der Waals surface area contributed by atoms with E-state index in [9.17, 15) is 25.2 Å². The summed E-state index contributed by atoms with van der Waals surface area (Å²) in [6.45, 7) is 3.11. The standard InChI is InChI=1S/C21H21NO6/c1-4-15(23)17-10(2)18(24)13(20(26)21(17)27)8-12-16(28-3)7-11-5-6-22-9-14(11)19(12)25/h5-7,9,24-27H,4,8H2,1-3H3. The number of ether oxygens (including phenoxy) is 1. The summed E-state index contributed by atoms with van der Waals surface area (Å²) in [4.78, 5) is 16.1. The number of aromatic nitrogens is 1. The molecule has 0 aliphatic rings. The molecule has 0 atom stereocenters. The Morgan fingerprint density at radius 1 is 1.07 bits per heavy atom. The van der Waals surface area contributed by atoms with Crippen LogP contribution >= 0.6 is 0 Å². The van der Waals surface area contributed by atoms with Crippen LogP contribution in [0.1, 0.15) is 40.4 Å². The van der Waals surface area contributed by atoms with Crippen molar-refractivity contribution in [2.24, 2.45) is 0 Å². The molecule has 146 valence electrons. The van der Waals surface area contributed by atoms with Crippen molar-refractivity contribution in [1.29, 1.82) is 0 Å². The molecule has 3 aromatic rings. The number of ketones is 1. The zero-order chi connectivity index (χ0) is 20.6. The van der Waals surface area contributed by atoms with E-state index in [2.05, 4.69) is 4.98 Å². The van der Waals surface area contributed by atoms with Crippen molar-refractivity contribution in [1.82, 2.24) is 4.98 Å². The minimum absolute atomic E-state index is 0.0144. The highest BCUT2D eigenvalue weighted by molar-refractivity contribution is 6.01. The van der Waals surface area contributed by atoms with E-state index < -0.39 is 17.3 Å². The summed E-state index contributed by atoms with van der Waals surface area (Å²) in [5, 5.41) is 43.3. The van der Waals surface area contributed by atoms with Crippen LogP contribution in [-0.4, -0.2) is 38.3 Å². The first-order valence-electron chi connectivity index (χ1n) is 8.73. The monoisotopic (exact) mass is 383 g/mol. The number of methoxy groups -OCH3 is 1. The number of phenols is 4. The van der Waals surface area contributed by atoms with Gasteiger partial charge in [0.05, 0.1) is 12.7 Å². The lowest BCUT2D eigenvalue weighted by atomic mass is 9.92. The van der Waals surface area contributed by atoms with E-state index in [4.69, 9.17) is 4.74 Å². The van der Waals surface area contributed by atoms with Gasteiger partial charge < -0.3 is 25.2 Å². The fourth-order valence-corrected chi connectivity index (χ4v) is 3.35. The van der Waals surface area contributed by atoms with Gasteiger partial charge in [0.1, 0.15) is 17.2 Å². The Labute approximate surface area is 161 Å². The van der Waals surface area contributed by atoms with Crippen molar-refractivity contribution >= 4 is 16.6 Å². The van der Waals surface area contributed by atoms with Gasteiger partial charge in [0.25, 0.3) is 0 Å². The summed E-state index contributed by atoms with van der Waals surface area (Å²) in [6.07, 6.45) is 3.06. The number of rotatable bonds is 5. The number of phenolic OH excluding ortho intramolecular Hbond substituents is 4. The highest BCUT2D eigenvalue weighted by atomic mass is 16.5. The molecular formula is C21H21NO6. The number of nitrogens with zero attached hydrogens (tertiary/aromatic N) is 1. The second-order valence-corrected chi connectivity index (χ2v) is 6.48. The molecule has 0 unspecified atom stereocenters. The highest BCUT2D eigenvalue weighted by Gasteiger charge is 2.26. The van der Waals surface area contributed by atoms with E-state index in [0.717, 1.165) is 0 Å². The van der Waals surface area contributed by atoms with Crippen LogP contribution in [0.4, 0.5) is 0 Å². The molecule has 0 bridgehead atoms. The molecule has 3 rings (SSSR count). The quantitative estimate of drug-likeness (QED) is 0.302. The molecular weight excluding hydrogens is 362 g/mol. The van der Waals surface area contributed by atoms with Crippen molar-refractivity contribution in [3.05, 3.63) is 46.8 Å². The van der Waals surface area contributed by atoms with Crippen molar-refractivity contribution in [2.45, 2.75) is 26.7 Å². The molecule has 4 N–H and O–H groups in total. The molecule has 7 nitrogen and oxygen atoms in total. The van der Waals surface area contributed by atoms with E-state index in [1.165, 1.54) is 20.2 Å². The van der Waals surface area contributed by atoms with Crippen LogP contribution in [-0.2, 0) is 6.42 Å². The van der Waals surface area contributed by atoms with Gasteiger partial charge >= 0.3 is 0 Å². The molecule has 0 saturated carbocycles. The smallest absolute Gasteiger partial charge is 0.169 e. The van der Waals surface area contributed by atoms with Crippen LogP contribution < -0.4 is 4.74 Å². The summed E-state index contributed by atoms with van der Waals surface area (Å²) >= 11 is 0. The molecule has 0 fully saturated rings. The van der Waals surface area contributed by atoms with E-state index in [1.807, 2.05) is 0 Å². The maximum Gasteiger partial charge on any atom is 0.169 e. The normalized spacial score (nSPS) is 11.0. The van der Waals surface area contributed by atoms with Gasteiger partial charge in [0.15, 0.2) is 17.3 Å². The minimum Gasteiger partial charge on any atom is -0.507 e. The lowest BCUT2D eigenvalue weighted by Crippen LogP contribution is -2.04. The van der Waals surface area contributed by atoms with Crippen LogP contribution in [0.3, 0.4) is 0 Å². The second kappa shape index (κ2) is 7.26. The molecule has 0 aliphatic heterocycles. The summed E-state index contributed by atoms with van der Waals surface area (Å²) in [6, 6.07) is 3.43. The second-order valence-electron chi connectivity index (χ2n) is 6.48. The van der Waals surface area contributed by atoms with Crippen molar-refractivity contribution in [3.8, 4) is 28.7 Å². The Morgan fingerprint density at radius 2 is 1.79 bits per heavy atom. The number of pyridine rings is 1. The highest BCUT2D eigenvalue weighted by Crippen LogP contribution is 2.46. The average molecular weight is 383 g/mol. The van der Waals surface area contributed by atoms with Crippen molar-refractivity contribution < 1.29 is 30.0 Å². The summed E-state index contributed by atoms with van der Waals surface area (Å²) in [5.41, 5.74) is 0.347. The predicted octanol–water partition coefficient (Wildman–Crippen LogP) is 3.56. The molecule has 1 heterocycles. The number of benzene rings is 2. The molecule has 0 spiro atoms. The largest absolute Gasteiger partial charge is 0.507 e. The lowest BCUT2D eigenvalue weighted by Gasteiger charge is -2.18. The average Bonchev–Trinajstić information content (AvgIpc) is 2.70. The topological polar surface area (TPSA) is 120 Å². The van der Waals surface area contributed by atoms with Gasteiger partial charge in [-0.05, 0) is 24.4 Å². The number of carbonyl (C=O) groups excluding carboxylic acids is 1. The third kappa shape index (κ3) is 2.94. The third-order valence-corrected chi connectivity index (χ3v) is 4.92. The molecule has 0 aliphatic carbocycles. The van der Waals surface area contributed by atoms with E-state index in [-0.39, 0.29) is 41.0 Å². The van der Waals surface area contributed by atoms with Crippen LogP contribution in [0.15, 0.2) is 24.5 Å². The number of fused-ring (bicyclic) bond motifs is 1. The molecule has 2 aromatic carbocycles. The molecule has 7 heteroatoms. The fourth-order valence-electron chi connectivity index (χ4n) is 3.35. The van der Waals surface area contributed by atoms with Crippen LogP contribution in [0.5, 0.6) is 28.7 Å². The van der Waals surface area contributed by atoms with Gasteiger partial charge in [-0.15, -0.1) is 0 Å². The molecule has 28 heavy (non-hydrogen) atoms. The number of hydrogen-bond donors (Lipinski definition) is 4. The zero-order valence-corrected chi connectivity index (χ0v) is 15.8. The number of Topliss-reactive ketones (excluding diaryl/α,β-unsaturated/α-hetero) is 1. The predicted molar refractivity (Wildman–Crippen MR) is 104 cm³/mol. The van der Waals surface area contributed by atoms with E-state index >= 15 is 0 Å². The van der Waals surface area contributed by atoms with Gasteiger partial charge in [-0.25, -0.2) is 0 Å². The number of carbonyl (C=O) groups is 1. The Kier molecular flexibility index (Phi) is 5.00. The van der Waals surface area contributed by atoms with E-state index in [1.54, 1.807) is 25.3 Å². The van der Waals surface area contributed by atoms with Gasteiger partial charge in [-0.2, -0.15) is 0 Å². The number of aromatic hydroxyl groups is 4. The van der Waals surface area contributed by atoms with Crippen molar-refractivity contribution in [3.63, 3.8) is 0 Å².